The number of hydrogen-bond acceptors (Lipinski definition) is 1. The van der Waals surface area contributed by atoms with Crippen LogP contribution in [0.5, 0.6) is 0 Å². The van der Waals surface area contributed by atoms with Crippen LogP contribution >= 0.6 is 0 Å². The highest BCUT2D eigenvalue weighted by atomic mass is 16.2. The summed E-state index contributed by atoms with van der Waals surface area (Å²) >= 11 is 0. The summed E-state index contributed by atoms with van der Waals surface area (Å²) in [5.41, 5.74) is 2.47. The summed E-state index contributed by atoms with van der Waals surface area (Å²) in [7, 11) is 0. The zero-order valence-corrected chi connectivity index (χ0v) is 11.1. The molecule has 0 bridgehead atoms. The van der Waals surface area contributed by atoms with Gasteiger partial charge in [0.25, 0.3) is 0 Å². The number of fused-ring (bicyclic) bond motifs is 1. The van der Waals surface area contributed by atoms with Crippen molar-refractivity contribution in [1.29, 1.82) is 0 Å². The average molecular weight is 243 g/mol. The van der Waals surface area contributed by atoms with Gasteiger partial charge in [-0.1, -0.05) is 31.0 Å². The molecule has 2 aliphatic rings. The third-order valence-electron chi connectivity index (χ3n) is 4.41. The Kier molecular flexibility index (Phi) is 3.11. The Balaban J connectivity index is 1.77. The number of nitrogens with zero attached hydrogens (tertiary/aromatic N) is 1. The van der Waals surface area contributed by atoms with E-state index in [1.165, 1.54) is 31.2 Å². The van der Waals surface area contributed by atoms with E-state index in [0.717, 1.165) is 18.5 Å². The molecule has 1 unspecified atom stereocenters. The summed E-state index contributed by atoms with van der Waals surface area (Å²) < 4.78 is 0. The largest absolute Gasteiger partial charge is 0.309 e. The second-order valence-electron chi connectivity index (χ2n) is 5.80. The number of carbonyl (C=O) groups excluding carboxylic acids is 1. The SMILES string of the molecule is CC1Cc2ccccc2N1C(=O)CC1CCCC1. The van der Waals surface area contributed by atoms with Crippen LogP contribution in [0.1, 0.15) is 44.6 Å². The Morgan fingerprint density at radius 2 is 2.00 bits per heavy atom. The molecule has 0 aromatic heterocycles. The van der Waals surface area contributed by atoms with E-state index in [4.69, 9.17) is 0 Å². The molecule has 3 rings (SSSR count). The number of hydrogen-bond donors (Lipinski definition) is 0. The molecule has 1 aromatic carbocycles. The van der Waals surface area contributed by atoms with E-state index in [9.17, 15) is 4.79 Å². The molecule has 1 heterocycles. The van der Waals surface area contributed by atoms with Crippen molar-refractivity contribution in [3.63, 3.8) is 0 Å². The lowest BCUT2D eigenvalue weighted by Gasteiger charge is -2.24. The third-order valence-corrected chi connectivity index (χ3v) is 4.41. The number of rotatable bonds is 2. The van der Waals surface area contributed by atoms with Crippen molar-refractivity contribution in [3.8, 4) is 0 Å². The molecule has 1 atom stereocenters. The minimum Gasteiger partial charge on any atom is -0.309 e. The maximum Gasteiger partial charge on any atom is 0.227 e. The monoisotopic (exact) mass is 243 g/mol. The second kappa shape index (κ2) is 4.75. The van der Waals surface area contributed by atoms with Crippen molar-refractivity contribution in [2.75, 3.05) is 4.90 Å². The highest BCUT2D eigenvalue weighted by Crippen LogP contribution is 2.34. The van der Waals surface area contributed by atoms with Gasteiger partial charge in [0.1, 0.15) is 0 Å². The van der Waals surface area contributed by atoms with Gasteiger partial charge in [-0.15, -0.1) is 0 Å². The highest BCUT2D eigenvalue weighted by Gasteiger charge is 2.31. The molecule has 1 aromatic rings. The first-order valence-corrected chi connectivity index (χ1v) is 7.15. The molecule has 2 nitrogen and oxygen atoms in total. The van der Waals surface area contributed by atoms with Gasteiger partial charge < -0.3 is 4.90 Å². The lowest BCUT2D eigenvalue weighted by molar-refractivity contribution is -0.119. The average Bonchev–Trinajstić information content (AvgIpc) is 2.94. The zero-order chi connectivity index (χ0) is 12.5. The van der Waals surface area contributed by atoms with Gasteiger partial charge in [0.05, 0.1) is 0 Å². The van der Waals surface area contributed by atoms with Crippen LogP contribution in [0.25, 0.3) is 0 Å². The Labute approximate surface area is 109 Å². The molecule has 0 saturated heterocycles. The molecule has 18 heavy (non-hydrogen) atoms. The topological polar surface area (TPSA) is 20.3 Å². The smallest absolute Gasteiger partial charge is 0.227 e. The lowest BCUT2D eigenvalue weighted by atomic mass is 10.0. The van der Waals surface area contributed by atoms with Crippen molar-refractivity contribution in [2.45, 2.75) is 51.5 Å². The second-order valence-corrected chi connectivity index (χ2v) is 5.80. The van der Waals surface area contributed by atoms with Gasteiger partial charge in [0.2, 0.25) is 5.91 Å². The summed E-state index contributed by atoms with van der Waals surface area (Å²) in [6.45, 7) is 2.16. The molecule has 96 valence electrons. The first-order valence-electron chi connectivity index (χ1n) is 7.15. The molecular formula is C16H21NO. The fourth-order valence-corrected chi connectivity index (χ4v) is 3.51. The Bertz CT molecular complexity index is 448. The Morgan fingerprint density at radius 1 is 1.28 bits per heavy atom. The maximum absolute atomic E-state index is 12.5. The van der Waals surface area contributed by atoms with Gasteiger partial charge in [-0.3, -0.25) is 4.79 Å². The van der Waals surface area contributed by atoms with Gasteiger partial charge in [-0.25, -0.2) is 0 Å². The normalized spacial score (nSPS) is 23.4. The number of amides is 1. The van der Waals surface area contributed by atoms with Crippen LogP contribution in [0.4, 0.5) is 5.69 Å². The van der Waals surface area contributed by atoms with E-state index in [0.29, 0.717) is 17.9 Å². The van der Waals surface area contributed by atoms with Crippen LogP contribution in [0, 0.1) is 5.92 Å². The first kappa shape index (κ1) is 11.8. The van der Waals surface area contributed by atoms with E-state index >= 15 is 0 Å². The lowest BCUT2D eigenvalue weighted by Crippen LogP contribution is -2.36. The summed E-state index contributed by atoms with van der Waals surface area (Å²) in [6, 6.07) is 8.67. The predicted octanol–water partition coefficient (Wildman–Crippen LogP) is 3.54. The Hall–Kier alpha value is -1.31. The third kappa shape index (κ3) is 2.05. The van der Waals surface area contributed by atoms with E-state index in [1.807, 2.05) is 11.0 Å². The van der Waals surface area contributed by atoms with Crippen molar-refractivity contribution < 1.29 is 4.79 Å². The van der Waals surface area contributed by atoms with Crippen molar-refractivity contribution >= 4 is 11.6 Å². The van der Waals surface area contributed by atoms with Crippen LogP contribution in [0.2, 0.25) is 0 Å². The molecule has 1 amide bonds. The van der Waals surface area contributed by atoms with E-state index in [2.05, 4.69) is 25.1 Å². The minimum absolute atomic E-state index is 0.330. The number of benzene rings is 1. The van der Waals surface area contributed by atoms with Crippen LogP contribution in [-0.2, 0) is 11.2 Å². The summed E-state index contributed by atoms with van der Waals surface area (Å²) in [5, 5.41) is 0. The van der Waals surface area contributed by atoms with Gasteiger partial charge in [0.15, 0.2) is 0 Å². The molecule has 0 radical (unpaired) electrons. The van der Waals surface area contributed by atoms with Gasteiger partial charge in [-0.05, 0) is 43.7 Å². The minimum atomic E-state index is 0.330. The molecule has 1 aliphatic carbocycles. The number of para-hydroxylation sites is 1. The van der Waals surface area contributed by atoms with Crippen LogP contribution < -0.4 is 4.90 Å². The molecule has 1 aliphatic heterocycles. The molecule has 1 fully saturated rings. The first-order chi connectivity index (χ1) is 8.75. The van der Waals surface area contributed by atoms with Crippen molar-refractivity contribution in [2.24, 2.45) is 5.92 Å². The molecular weight excluding hydrogens is 222 g/mol. The molecule has 0 spiro atoms. The van der Waals surface area contributed by atoms with Gasteiger partial charge in [0, 0.05) is 18.2 Å². The summed E-state index contributed by atoms with van der Waals surface area (Å²) in [4.78, 5) is 14.5. The fraction of sp³-hybridized carbons (Fsp3) is 0.562. The quantitative estimate of drug-likeness (QED) is 0.778. The van der Waals surface area contributed by atoms with Gasteiger partial charge >= 0.3 is 0 Å². The van der Waals surface area contributed by atoms with E-state index < -0.39 is 0 Å². The van der Waals surface area contributed by atoms with E-state index in [-0.39, 0.29) is 0 Å². The number of anilines is 1. The number of carbonyl (C=O) groups is 1. The Morgan fingerprint density at radius 3 is 2.78 bits per heavy atom. The van der Waals surface area contributed by atoms with Crippen molar-refractivity contribution in [1.82, 2.24) is 0 Å². The van der Waals surface area contributed by atoms with Crippen molar-refractivity contribution in [3.05, 3.63) is 29.8 Å². The van der Waals surface area contributed by atoms with Gasteiger partial charge in [-0.2, -0.15) is 0 Å². The summed E-state index contributed by atoms with van der Waals surface area (Å²) in [6.07, 6.45) is 6.87. The molecule has 1 saturated carbocycles. The summed E-state index contributed by atoms with van der Waals surface area (Å²) in [5.74, 6) is 0.969. The zero-order valence-electron chi connectivity index (χ0n) is 11.1. The predicted molar refractivity (Wildman–Crippen MR) is 73.7 cm³/mol. The van der Waals surface area contributed by atoms with Crippen LogP contribution in [0.3, 0.4) is 0 Å². The standard InChI is InChI=1S/C16H21NO/c1-12-10-14-8-4-5-9-15(14)17(12)16(18)11-13-6-2-3-7-13/h4-5,8-9,12-13H,2-3,6-7,10-11H2,1H3. The maximum atomic E-state index is 12.5. The van der Waals surface area contributed by atoms with Crippen LogP contribution in [0.15, 0.2) is 24.3 Å². The van der Waals surface area contributed by atoms with Crippen LogP contribution in [-0.4, -0.2) is 11.9 Å². The molecule has 0 N–H and O–H groups in total. The van der Waals surface area contributed by atoms with E-state index in [1.54, 1.807) is 0 Å². The fourth-order valence-electron chi connectivity index (χ4n) is 3.51. The highest BCUT2D eigenvalue weighted by molar-refractivity contribution is 5.96. The molecule has 2 heteroatoms.